The van der Waals surface area contributed by atoms with Crippen LogP contribution in [0.2, 0.25) is 5.02 Å². The molecule has 3 aromatic rings. The van der Waals surface area contributed by atoms with Crippen molar-refractivity contribution < 1.29 is 0 Å². The minimum atomic E-state index is 0. The Morgan fingerprint density at radius 1 is 0.808 bits per heavy atom. The molecule has 0 saturated heterocycles. The molecule has 0 spiro atoms. The first-order valence-electron chi connectivity index (χ1n) is 7.81. The third-order valence-corrected chi connectivity index (χ3v) is 4.12. The number of benzene rings is 2. The molecule has 1 heterocycles. The van der Waals surface area contributed by atoms with Gasteiger partial charge in [-0.2, -0.15) is 0 Å². The molecular weight excluding hydrogens is 412 g/mol. The van der Waals surface area contributed by atoms with Gasteiger partial charge < -0.3 is 11.1 Å². The quantitative estimate of drug-likeness (QED) is 0.530. The van der Waals surface area contributed by atoms with E-state index in [2.05, 4.69) is 40.6 Å². The fourth-order valence-corrected chi connectivity index (χ4v) is 2.70. The molecular formula is C19H23Cl4N3. The van der Waals surface area contributed by atoms with Crippen LogP contribution in [0.15, 0.2) is 54.6 Å². The third-order valence-electron chi connectivity index (χ3n) is 3.87. The van der Waals surface area contributed by atoms with Gasteiger partial charge in [0.05, 0.1) is 5.52 Å². The van der Waals surface area contributed by atoms with Gasteiger partial charge in [-0.15, -0.1) is 37.2 Å². The van der Waals surface area contributed by atoms with Crippen LogP contribution in [0.25, 0.3) is 10.9 Å². The Balaban J connectivity index is 0.00000208. The molecule has 0 saturated carbocycles. The molecule has 0 amide bonds. The maximum Gasteiger partial charge on any atom is 0.124 e. The zero-order valence-corrected chi connectivity index (χ0v) is 17.4. The number of halogens is 4. The number of nitrogens with one attached hydrogen (secondary N) is 1. The number of aromatic nitrogens is 1. The van der Waals surface area contributed by atoms with Crippen LogP contribution in [-0.4, -0.2) is 18.1 Å². The number of nitrogens with two attached hydrogens (primary N) is 1. The van der Waals surface area contributed by atoms with E-state index in [9.17, 15) is 0 Å². The number of fused-ring (bicyclic) bond motifs is 1. The average molecular weight is 435 g/mol. The molecule has 1 aromatic heterocycles. The minimum absolute atomic E-state index is 0. The van der Waals surface area contributed by atoms with Crippen LogP contribution in [0.3, 0.4) is 0 Å². The molecule has 142 valence electrons. The number of hydrogen-bond acceptors (Lipinski definition) is 3. The van der Waals surface area contributed by atoms with Crippen molar-refractivity contribution in [1.29, 1.82) is 0 Å². The highest BCUT2D eigenvalue weighted by Gasteiger charge is 1.99. The van der Waals surface area contributed by atoms with E-state index < -0.39 is 0 Å². The van der Waals surface area contributed by atoms with E-state index in [1.165, 1.54) is 11.1 Å². The maximum absolute atomic E-state index is 5.89. The molecule has 7 heteroatoms. The van der Waals surface area contributed by atoms with Crippen molar-refractivity contribution in [3.8, 4) is 0 Å². The molecule has 0 fully saturated rings. The Bertz CT molecular complexity index is 794. The van der Waals surface area contributed by atoms with Gasteiger partial charge in [-0.3, -0.25) is 0 Å². The van der Waals surface area contributed by atoms with E-state index in [-0.39, 0.29) is 37.2 Å². The SMILES string of the molecule is Cl.Cl.Cl.Nc1ccc2ccc(CCNCCc3ccc(Cl)cc3)cc2n1. The lowest BCUT2D eigenvalue weighted by atomic mass is 10.1. The van der Waals surface area contributed by atoms with E-state index in [0.29, 0.717) is 5.82 Å². The average Bonchev–Trinajstić information content (AvgIpc) is 2.56. The number of pyridine rings is 1. The van der Waals surface area contributed by atoms with E-state index in [0.717, 1.165) is 41.9 Å². The number of rotatable bonds is 6. The number of nitrogens with zero attached hydrogens (tertiary/aromatic N) is 1. The van der Waals surface area contributed by atoms with Crippen LogP contribution in [0.5, 0.6) is 0 Å². The predicted octanol–water partition coefficient (Wildman–Crippen LogP) is 5.11. The summed E-state index contributed by atoms with van der Waals surface area (Å²) >= 11 is 5.89. The summed E-state index contributed by atoms with van der Waals surface area (Å²) in [5.41, 5.74) is 9.28. The van der Waals surface area contributed by atoms with Gasteiger partial charge in [0.1, 0.15) is 5.82 Å². The Hall–Kier alpha value is -1.23. The number of nitrogen functional groups attached to an aromatic ring is 1. The highest BCUT2D eigenvalue weighted by atomic mass is 35.5. The molecule has 0 aliphatic carbocycles. The smallest absolute Gasteiger partial charge is 0.124 e. The Morgan fingerprint density at radius 3 is 2.08 bits per heavy atom. The van der Waals surface area contributed by atoms with Gasteiger partial charge in [-0.25, -0.2) is 4.98 Å². The second-order valence-corrected chi connectivity index (χ2v) is 6.08. The summed E-state index contributed by atoms with van der Waals surface area (Å²) in [6.07, 6.45) is 1.99. The van der Waals surface area contributed by atoms with Crippen molar-refractivity contribution in [2.24, 2.45) is 0 Å². The number of hydrogen-bond donors (Lipinski definition) is 2. The van der Waals surface area contributed by atoms with E-state index in [1.807, 2.05) is 24.3 Å². The van der Waals surface area contributed by atoms with Gasteiger partial charge in [0.2, 0.25) is 0 Å². The van der Waals surface area contributed by atoms with Crippen molar-refractivity contribution in [3.63, 3.8) is 0 Å². The maximum atomic E-state index is 5.89. The van der Waals surface area contributed by atoms with E-state index in [1.54, 1.807) is 0 Å². The summed E-state index contributed by atoms with van der Waals surface area (Å²) in [6, 6.07) is 18.2. The molecule has 0 aliphatic rings. The topological polar surface area (TPSA) is 50.9 Å². The third kappa shape index (κ3) is 7.18. The van der Waals surface area contributed by atoms with Crippen LogP contribution < -0.4 is 11.1 Å². The van der Waals surface area contributed by atoms with E-state index >= 15 is 0 Å². The van der Waals surface area contributed by atoms with Crippen molar-refractivity contribution in [3.05, 3.63) is 70.7 Å². The van der Waals surface area contributed by atoms with Crippen LogP contribution in [0, 0.1) is 0 Å². The van der Waals surface area contributed by atoms with Crippen molar-refractivity contribution in [2.75, 3.05) is 18.8 Å². The van der Waals surface area contributed by atoms with Gasteiger partial charge in [-0.1, -0.05) is 35.9 Å². The fourth-order valence-electron chi connectivity index (χ4n) is 2.58. The molecule has 26 heavy (non-hydrogen) atoms. The molecule has 3 rings (SSSR count). The first kappa shape index (κ1) is 24.8. The molecule has 0 bridgehead atoms. The first-order valence-corrected chi connectivity index (χ1v) is 8.19. The normalized spacial score (nSPS) is 9.73. The van der Waals surface area contributed by atoms with Crippen LogP contribution >= 0.6 is 48.8 Å². The van der Waals surface area contributed by atoms with Crippen molar-refractivity contribution in [2.45, 2.75) is 12.8 Å². The molecule has 2 aromatic carbocycles. The second-order valence-electron chi connectivity index (χ2n) is 5.64. The van der Waals surface area contributed by atoms with Crippen LogP contribution in [0.4, 0.5) is 5.82 Å². The van der Waals surface area contributed by atoms with Gasteiger partial charge in [0.15, 0.2) is 0 Å². The zero-order chi connectivity index (χ0) is 16.1. The largest absolute Gasteiger partial charge is 0.384 e. The second kappa shape index (κ2) is 12.2. The van der Waals surface area contributed by atoms with Gasteiger partial charge in [0, 0.05) is 10.4 Å². The summed E-state index contributed by atoms with van der Waals surface area (Å²) < 4.78 is 0. The zero-order valence-electron chi connectivity index (χ0n) is 14.2. The predicted molar refractivity (Wildman–Crippen MR) is 120 cm³/mol. The Kier molecular flexibility index (Phi) is 11.6. The summed E-state index contributed by atoms with van der Waals surface area (Å²) in [5, 5.41) is 5.39. The lowest BCUT2D eigenvalue weighted by molar-refractivity contribution is 0.682. The monoisotopic (exact) mass is 433 g/mol. The summed E-state index contributed by atoms with van der Waals surface area (Å²) in [5.74, 6) is 0.565. The standard InChI is InChI=1S/C19H20ClN3.3ClH/c20-17-6-2-14(3-7-17)9-11-22-12-10-15-1-4-16-5-8-19(21)23-18(16)13-15;;;/h1-8,13,22H,9-12H2,(H2,21,23);3*1H. The lowest BCUT2D eigenvalue weighted by Crippen LogP contribution is -2.20. The highest BCUT2D eigenvalue weighted by Crippen LogP contribution is 2.16. The Labute approximate surface area is 178 Å². The molecule has 0 radical (unpaired) electrons. The summed E-state index contributed by atoms with van der Waals surface area (Å²) in [6.45, 7) is 1.90. The first-order chi connectivity index (χ1) is 11.2. The van der Waals surface area contributed by atoms with Crippen LogP contribution in [0.1, 0.15) is 11.1 Å². The molecule has 3 N–H and O–H groups in total. The van der Waals surface area contributed by atoms with Crippen LogP contribution in [-0.2, 0) is 12.8 Å². The fraction of sp³-hybridized carbons (Fsp3) is 0.211. The summed E-state index contributed by atoms with van der Waals surface area (Å²) in [4.78, 5) is 4.37. The van der Waals surface area contributed by atoms with Crippen molar-refractivity contribution in [1.82, 2.24) is 10.3 Å². The highest BCUT2D eigenvalue weighted by molar-refractivity contribution is 6.30. The van der Waals surface area contributed by atoms with Gasteiger partial charge >= 0.3 is 0 Å². The van der Waals surface area contributed by atoms with Crippen molar-refractivity contribution >= 4 is 65.5 Å². The number of anilines is 1. The molecule has 0 atom stereocenters. The molecule has 0 unspecified atom stereocenters. The molecule has 0 aliphatic heterocycles. The molecule has 3 nitrogen and oxygen atoms in total. The Morgan fingerprint density at radius 2 is 1.38 bits per heavy atom. The minimum Gasteiger partial charge on any atom is -0.384 e. The van der Waals surface area contributed by atoms with Gasteiger partial charge in [0.25, 0.3) is 0 Å². The van der Waals surface area contributed by atoms with Gasteiger partial charge in [-0.05, 0) is 67.4 Å². The lowest BCUT2D eigenvalue weighted by Gasteiger charge is -2.07. The summed E-state index contributed by atoms with van der Waals surface area (Å²) in [7, 11) is 0. The van der Waals surface area contributed by atoms with E-state index in [4.69, 9.17) is 17.3 Å².